The average molecular weight is 306 g/mol. The van der Waals surface area contributed by atoms with Crippen LogP contribution in [0.25, 0.3) is 0 Å². The summed E-state index contributed by atoms with van der Waals surface area (Å²) in [6.07, 6.45) is -3.58. The molecule has 0 aliphatic heterocycles. The molecule has 0 spiro atoms. The Morgan fingerprint density at radius 1 is 0.818 bits per heavy atom. The van der Waals surface area contributed by atoms with Crippen LogP contribution in [-0.2, 0) is 0 Å². The highest BCUT2D eigenvalue weighted by Crippen LogP contribution is 2.31. The number of hydrogen-bond acceptors (Lipinski definition) is 7. The lowest BCUT2D eigenvalue weighted by Crippen LogP contribution is -2.28. The van der Waals surface area contributed by atoms with Gasteiger partial charge >= 0.3 is 0 Å². The minimum atomic E-state index is -1.90. The summed E-state index contributed by atoms with van der Waals surface area (Å²) < 4.78 is 0. The topological polar surface area (TPSA) is 138 Å². The Labute approximate surface area is 125 Å². The van der Waals surface area contributed by atoms with Crippen molar-refractivity contribution in [1.29, 1.82) is 0 Å². The molecule has 2 atom stereocenters. The lowest BCUT2D eigenvalue weighted by molar-refractivity contribution is 0.0201. The van der Waals surface area contributed by atoms with Crippen molar-refractivity contribution in [2.45, 2.75) is 12.2 Å². The van der Waals surface area contributed by atoms with Gasteiger partial charge in [-0.25, -0.2) is 0 Å². The van der Waals surface area contributed by atoms with Crippen molar-refractivity contribution in [3.05, 3.63) is 47.5 Å². The van der Waals surface area contributed by atoms with Gasteiger partial charge in [-0.1, -0.05) is 6.07 Å². The van der Waals surface area contributed by atoms with Crippen molar-refractivity contribution in [2.75, 3.05) is 0 Å². The molecule has 116 valence electrons. The summed E-state index contributed by atoms with van der Waals surface area (Å²) >= 11 is 0. The first-order chi connectivity index (χ1) is 10.3. The Kier molecular flexibility index (Phi) is 4.20. The van der Waals surface area contributed by atoms with Crippen LogP contribution in [0.2, 0.25) is 0 Å². The largest absolute Gasteiger partial charge is 0.508 e. The molecule has 2 aromatic rings. The molecule has 0 amide bonds. The van der Waals surface area contributed by atoms with Crippen molar-refractivity contribution in [1.82, 2.24) is 0 Å². The number of carbonyl (C=O) groups excluding carboxylic acids is 1. The molecule has 0 radical (unpaired) electrons. The molecule has 0 aliphatic carbocycles. The van der Waals surface area contributed by atoms with Crippen LogP contribution in [0.1, 0.15) is 22.0 Å². The number of aliphatic hydroxyl groups excluding tert-OH is 2. The Bertz CT molecular complexity index is 711. The number of phenols is 4. The average Bonchev–Trinajstić information content (AvgIpc) is 2.48. The van der Waals surface area contributed by atoms with Crippen LogP contribution >= 0.6 is 0 Å². The number of benzene rings is 2. The highest BCUT2D eigenvalue weighted by Gasteiger charge is 2.29. The fourth-order valence-electron chi connectivity index (χ4n) is 1.94. The van der Waals surface area contributed by atoms with Crippen molar-refractivity contribution in [3.63, 3.8) is 0 Å². The number of hydrogen-bond donors (Lipinski definition) is 6. The Balaban J connectivity index is 2.27. The summed E-state index contributed by atoms with van der Waals surface area (Å²) in [6, 6.07) is 6.53. The number of rotatable bonds is 4. The number of aromatic hydroxyl groups is 4. The Morgan fingerprint density at radius 2 is 1.50 bits per heavy atom. The first kappa shape index (κ1) is 15.6. The van der Waals surface area contributed by atoms with Crippen LogP contribution in [-0.4, -0.2) is 42.5 Å². The summed E-state index contributed by atoms with van der Waals surface area (Å²) in [5.74, 6) is -2.67. The maximum Gasteiger partial charge on any atom is 0.198 e. The molecule has 7 nitrogen and oxygen atoms in total. The van der Waals surface area contributed by atoms with Crippen LogP contribution in [0.4, 0.5) is 0 Å². The van der Waals surface area contributed by atoms with Gasteiger partial charge in [0.2, 0.25) is 0 Å². The summed E-state index contributed by atoms with van der Waals surface area (Å²) in [4.78, 5) is 12.1. The third-order valence-corrected chi connectivity index (χ3v) is 3.16. The summed E-state index contributed by atoms with van der Waals surface area (Å²) in [5, 5.41) is 57.2. The zero-order valence-electron chi connectivity index (χ0n) is 11.2. The fraction of sp³-hybridized carbons (Fsp3) is 0.133. The molecule has 0 aliphatic rings. The normalized spacial score (nSPS) is 13.5. The van der Waals surface area contributed by atoms with Crippen LogP contribution in [0.15, 0.2) is 36.4 Å². The molecule has 22 heavy (non-hydrogen) atoms. The van der Waals surface area contributed by atoms with Crippen molar-refractivity contribution in [2.24, 2.45) is 0 Å². The van der Waals surface area contributed by atoms with Gasteiger partial charge in [-0.05, 0) is 29.8 Å². The third-order valence-electron chi connectivity index (χ3n) is 3.16. The summed E-state index contributed by atoms with van der Waals surface area (Å²) in [6.45, 7) is 0. The van der Waals surface area contributed by atoms with E-state index in [4.69, 9.17) is 5.11 Å². The highest BCUT2D eigenvalue weighted by atomic mass is 16.3. The molecule has 0 bridgehead atoms. The molecule has 6 N–H and O–H groups in total. The van der Waals surface area contributed by atoms with Gasteiger partial charge in [-0.15, -0.1) is 0 Å². The van der Waals surface area contributed by atoms with Gasteiger partial charge in [0.25, 0.3) is 0 Å². The van der Waals surface area contributed by atoms with Gasteiger partial charge in [-0.3, -0.25) is 4.79 Å². The van der Waals surface area contributed by atoms with E-state index in [0.29, 0.717) is 0 Å². The highest BCUT2D eigenvalue weighted by molar-refractivity contribution is 6.02. The van der Waals surface area contributed by atoms with Crippen LogP contribution in [0.3, 0.4) is 0 Å². The molecule has 2 unspecified atom stereocenters. The van der Waals surface area contributed by atoms with Gasteiger partial charge < -0.3 is 30.6 Å². The first-order valence-corrected chi connectivity index (χ1v) is 6.25. The molecule has 0 aromatic heterocycles. The molecule has 0 fully saturated rings. The Morgan fingerprint density at radius 3 is 2.09 bits per heavy atom. The second-order valence-corrected chi connectivity index (χ2v) is 4.70. The minimum Gasteiger partial charge on any atom is -0.508 e. The van der Waals surface area contributed by atoms with E-state index in [1.54, 1.807) is 0 Å². The molecule has 2 aromatic carbocycles. The molecular formula is C15H14O7. The van der Waals surface area contributed by atoms with E-state index in [1.807, 2.05) is 0 Å². The van der Waals surface area contributed by atoms with Gasteiger partial charge in [0.1, 0.15) is 23.7 Å². The smallest absolute Gasteiger partial charge is 0.198 e. The number of ketones is 1. The van der Waals surface area contributed by atoms with Crippen LogP contribution in [0, 0.1) is 0 Å². The standard InChI is InChI=1S/C15H14O7/c16-8-2-3-9(11(18)6-8)14(21)15(22)13(20)7-1-4-10(17)12(19)5-7/h1-6,13,15-20,22H. The summed E-state index contributed by atoms with van der Waals surface area (Å²) in [5.41, 5.74) is -0.262. The van der Waals surface area contributed by atoms with E-state index < -0.39 is 35.2 Å². The number of phenolic OH excluding ortho intramolecular Hbond substituents is 4. The zero-order valence-corrected chi connectivity index (χ0v) is 11.2. The van der Waals surface area contributed by atoms with E-state index in [-0.39, 0.29) is 16.9 Å². The van der Waals surface area contributed by atoms with Crippen LogP contribution < -0.4 is 0 Å². The van der Waals surface area contributed by atoms with Crippen LogP contribution in [0.5, 0.6) is 23.0 Å². The van der Waals surface area contributed by atoms with E-state index in [2.05, 4.69) is 0 Å². The molecule has 2 rings (SSSR count). The van der Waals surface area contributed by atoms with Crippen molar-refractivity contribution in [3.8, 4) is 23.0 Å². The second-order valence-electron chi connectivity index (χ2n) is 4.70. The number of Topliss-reactive ketones (excluding diaryl/α,β-unsaturated/α-hetero) is 1. The minimum absolute atomic E-state index is 0.00872. The monoisotopic (exact) mass is 306 g/mol. The predicted octanol–water partition coefficient (Wildman–Crippen LogP) is 0.786. The fourth-order valence-corrected chi connectivity index (χ4v) is 1.94. The van der Waals surface area contributed by atoms with Crippen molar-refractivity contribution < 1.29 is 35.4 Å². The maximum atomic E-state index is 12.1. The molecule has 7 heteroatoms. The molecule has 0 heterocycles. The van der Waals surface area contributed by atoms with E-state index in [9.17, 15) is 30.3 Å². The number of aliphatic hydroxyl groups is 2. The predicted molar refractivity (Wildman–Crippen MR) is 74.8 cm³/mol. The zero-order chi connectivity index (χ0) is 16.4. The molecular weight excluding hydrogens is 292 g/mol. The Hall–Kier alpha value is -2.77. The molecule has 0 saturated heterocycles. The third kappa shape index (κ3) is 2.95. The van der Waals surface area contributed by atoms with E-state index in [0.717, 1.165) is 30.3 Å². The maximum absolute atomic E-state index is 12.1. The SMILES string of the molecule is O=C(c1ccc(O)cc1O)C(O)C(O)c1ccc(O)c(O)c1. The van der Waals surface area contributed by atoms with E-state index >= 15 is 0 Å². The van der Waals surface area contributed by atoms with E-state index in [1.165, 1.54) is 6.07 Å². The second kappa shape index (κ2) is 5.92. The van der Waals surface area contributed by atoms with Gasteiger partial charge in [-0.2, -0.15) is 0 Å². The van der Waals surface area contributed by atoms with Gasteiger partial charge in [0.05, 0.1) is 5.56 Å². The molecule has 0 saturated carbocycles. The number of carbonyl (C=O) groups is 1. The first-order valence-electron chi connectivity index (χ1n) is 6.25. The summed E-state index contributed by atoms with van der Waals surface area (Å²) in [7, 11) is 0. The van der Waals surface area contributed by atoms with Gasteiger partial charge in [0.15, 0.2) is 17.3 Å². The van der Waals surface area contributed by atoms with Crippen molar-refractivity contribution >= 4 is 5.78 Å². The lowest BCUT2D eigenvalue weighted by atomic mass is 9.96. The van der Waals surface area contributed by atoms with Gasteiger partial charge in [0, 0.05) is 6.07 Å². The quantitative estimate of drug-likeness (QED) is 0.362. The lowest BCUT2D eigenvalue weighted by Gasteiger charge is -2.18.